The molecule has 3 aromatic carbocycles. The van der Waals surface area contributed by atoms with Crippen LogP contribution in [0.15, 0.2) is 88.1 Å². The van der Waals surface area contributed by atoms with Crippen molar-refractivity contribution in [1.82, 2.24) is 0 Å². The van der Waals surface area contributed by atoms with Gasteiger partial charge in [-0.3, -0.25) is 4.79 Å². The lowest BCUT2D eigenvalue weighted by molar-refractivity contribution is 0.474. The zero-order valence-corrected chi connectivity index (χ0v) is 13.2. The van der Waals surface area contributed by atoms with Gasteiger partial charge in [-0.25, -0.2) is 0 Å². The molecule has 0 aliphatic carbocycles. The SMILES string of the molecule is O=c1cc(-c2ccccc2Oc2ccccc2)oc2cc(O)ccc12. The van der Waals surface area contributed by atoms with Crippen LogP contribution >= 0.6 is 0 Å². The first-order chi connectivity index (χ1) is 12.2. The molecule has 0 aliphatic heterocycles. The molecule has 1 aromatic heterocycles. The van der Waals surface area contributed by atoms with Gasteiger partial charge in [0, 0.05) is 12.1 Å². The van der Waals surface area contributed by atoms with Gasteiger partial charge in [-0.1, -0.05) is 30.3 Å². The van der Waals surface area contributed by atoms with Crippen LogP contribution in [0.25, 0.3) is 22.3 Å². The summed E-state index contributed by atoms with van der Waals surface area (Å²) in [5, 5.41) is 10.1. The van der Waals surface area contributed by atoms with Gasteiger partial charge >= 0.3 is 0 Å². The topological polar surface area (TPSA) is 59.7 Å². The second-order valence-corrected chi connectivity index (χ2v) is 5.57. The molecular weight excluding hydrogens is 316 g/mol. The maximum atomic E-state index is 12.4. The van der Waals surface area contributed by atoms with E-state index in [0.29, 0.717) is 33.8 Å². The van der Waals surface area contributed by atoms with Crippen molar-refractivity contribution in [1.29, 1.82) is 0 Å². The van der Waals surface area contributed by atoms with Crippen molar-refractivity contribution in [2.24, 2.45) is 0 Å². The minimum atomic E-state index is -0.175. The summed E-state index contributed by atoms with van der Waals surface area (Å²) < 4.78 is 11.8. The first-order valence-electron chi connectivity index (χ1n) is 7.80. The molecular formula is C21H14O4. The highest BCUT2D eigenvalue weighted by atomic mass is 16.5. The maximum absolute atomic E-state index is 12.4. The molecule has 0 fully saturated rings. The third-order valence-electron chi connectivity index (χ3n) is 3.84. The van der Waals surface area contributed by atoms with E-state index in [1.165, 1.54) is 18.2 Å². The van der Waals surface area contributed by atoms with Crippen molar-refractivity contribution >= 4 is 11.0 Å². The molecule has 4 nitrogen and oxygen atoms in total. The standard InChI is InChI=1S/C21H14O4/c22-14-10-11-16-18(23)13-21(25-20(16)12-14)17-8-4-5-9-19(17)24-15-6-2-1-3-7-15/h1-13,22H. The van der Waals surface area contributed by atoms with Crippen molar-refractivity contribution < 1.29 is 14.3 Å². The second kappa shape index (κ2) is 6.17. The lowest BCUT2D eigenvalue weighted by Gasteiger charge is -2.11. The Hall–Kier alpha value is -3.53. The third-order valence-corrected chi connectivity index (χ3v) is 3.84. The fraction of sp³-hybridized carbons (Fsp3) is 0. The fourth-order valence-electron chi connectivity index (χ4n) is 2.65. The highest BCUT2D eigenvalue weighted by Crippen LogP contribution is 2.34. The number of fused-ring (bicyclic) bond motifs is 1. The summed E-state index contributed by atoms with van der Waals surface area (Å²) >= 11 is 0. The molecule has 4 rings (SSSR count). The molecule has 4 heteroatoms. The largest absolute Gasteiger partial charge is 0.508 e. The number of phenols is 1. The minimum absolute atomic E-state index is 0.0432. The highest BCUT2D eigenvalue weighted by Gasteiger charge is 2.12. The first kappa shape index (κ1) is 15.0. The van der Waals surface area contributed by atoms with E-state index >= 15 is 0 Å². The second-order valence-electron chi connectivity index (χ2n) is 5.57. The molecule has 122 valence electrons. The smallest absolute Gasteiger partial charge is 0.193 e. The van der Waals surface area contributed by atoms with Crippen LogP contribution in [0.2, 0.25) is 0 Å². The quantitative estimate of drug-likeness (QED) is 0.577. The molecule has 0 aliphatic rings. The van der Waals surface area contributed by atoms with Crippen LogP contribution in [0, 0.1) is 0 Å². The van der Waals surface area contributed by atoms with Gasteiger partial charge < -0.3 is 14.3 Å². The molecule has 1 heterocycles. The molecule has 0 saturated carbocycles. The van der Waals surface area contributed by atoms with E-state index in [1.54, 1.807) is 6.07 Å². The third kappa shape index (κ3) is 2.97. The van der Waals surface area contributed by atoms with E-state index in [0.717, 1.165) is 0 Å². The molecule has 4 aromatic rings. The Morgan fingerprint density at radius 1 is 0.840 bits per heavy atom. The molecule has 1 N–H and O–H groups in total. The molecule has 0 atom stereocenters. The van der Waals surface area contributed by atoms with E-state index in [9.17, 15) is 9.90 Å². The van der Waals surface area contributed by atoms with Gasteiger partial charge in [-0.2, -0.15) is 0 Å². The zero-order chi connectivity index (χ0) is 17.2. The molecule has 0 amide bonds. The number of hydrogen-bond donors (Lipinski definition) is 1. The van der Waals surface area contributed by atoms with Gasteiger partial charge in [0.2, 0.25) is 0 Å². The fourth-order valence-corrected chi connectivity index (χ4v) is 2.65. The monoisotopic (exact) mass is 330 g/mol. The Morgan fingerprint density at radius 2 is 1.60 bits per heavy atom. The van der Waals surface area contributed by atoms with E-state index in [4.69, 9.17) is 9.15 Å². The summed E-state index contributed by atoms with van der Waals surface area (Å²) in [6.07, 6.45) is 0. The Labute approximate surface area is 143 Å². The number of phenolic OH excluding ortho intramolecular Hbond substituents is 1. The van der Waals surface area contributed by atoms with E-state index in [-0.39, 0.29) is 11.2 Å². The normalized spacial score (nSPS) is 10.7. The van der Waals surface area contributed by atoms with Crippen LogP contribution in [0.5, 0.6) is 17.2 Å². The predicted molar refractivity (Wildman–Crippen MR) is 96.1 cm³/mol. The van der Waals surface area contributed by atoms with Crippen molar-refractivity contribution in [3.05, 3.63) is 89.1 Å². The molecule has 0 spiro atoms. The van der Waals surface area contributed by atoms with Crippen molar-refractivity contribution in [3.8, 4) is 28.6 Å². The lowest BCUT2D eigenvalue weighted by atomic mass is 10.1. The summed E-state index contributed by atoms with van der Waals surface area (Å²) in [4.78, 5) is 12.4. The molecule has 0 bridgehead atoms. The van der Waals surface area contributed by atoms with Crippen molar-refractivity contribution in [2.45, 2.75) is 0 Å². The van der Waals surface area contributed by atoms with Crippen LogP contribution < -0.4 is 10.2 Å². The first-order valence-corrected chi connectivity index (χ1v) is 7.80. The van der Waals surface area contributed by atoms with Gasteiger partial charge in [-0.05, 0) is 36.4 Å². The summed E-state index contributed by atoms with van der Waals surface area (Å²) in [5.41, 5.74) is 0.816. The average Bonchev–Trinajstić information content (AvgIpc) is 2.62. The Morgan fingerprint density at radius 3 is 2.44 bits per heavy atom. The summed E-state index contributed by atoms with van der Waals surface area (Å²) in [6.45, 7) is 0. The Bertz CT molecular complexity index is 1100. The summed E-state index contributed by atoms with van der Waals surface area (Å²) in [5.74, 6) is 1.70. The van der Waals surface area contributed by atoms with Crippen molar-refractivity contribution in [3.63, 3.8) is 0 Å². The molecule has 0 saturated heterocycles. The van der Waals surface area contributed by atoms with Gasteiger partial charge in [0.25, 0.3) is 0 Å². The maximum Gasteiger partial charge on any atom is 0.193 e. The lowest BCUT2D eigenvalue weighted by Crippen LogP contribution is -2.00. The molecule has 25 heavy (non-hydrogen) atoms. The number of aromatic hydroxyl groups is 1. The van der Waals surface area contributed by atoms with Gasteiger partial charge in [-0.15, -0.1) is 0 Å². The average molecular weight is 330 g/mol. The number of para-hydroxylation sites is 2. The molecule has 0 radical (unpaired) electrons. The number of hydrogen-bond acceptors (Lipinski definition) is 4. The van der Waals surface area contributed by atoms with Crippen molar-refractivity contribution in [2.75, 3.05) is 0 Å². The molecule has 0 unspecified atom stereocenters. The number of rotatable bonds is 3. The van der Waals surface area contributed by atoms with E-state index in [2.05, 4.69) is 0 Å². The van der Waals surface area contributed by atoms with Gasteiger partial charge in [0.1, 0.15) is 28.6 Å². The highest BCUT2D eigenvalue weighted by molar-refractivity contribution is 5.80. The van der Waals surface area contributed by atoms with Crippen LogP contribution in [-0.4, -0.2) is 5.11 Å². The van der Waals surface area contributed by atoms with Crippen LogP contribution in [-0.2, 0) is 0 Å². The predicted octanol–water partition coefficient (Wildman–Crippen LogP) is 4.96. The van der Waals surface area contributed by atoms with Gasteiger partial charge in [0.15, 0.2) is 5.43 Å². The van der Waals surface area contributed by atoms with E-state index < -0.39 is 0 Å². The van der Waals surface area contributed by atoms with Crippen LogP contribution in [0.3, 0.4) is 0 Å². The van der Waals surface area contributed by atoms with E-state index in [1.807, 2.05) is 54.6 Å². The van der Waals surface area contributed by atoms with Crippen LogP contribution in [0.1, 0.15) is 0 Å². The van der Waals surface area contributed by atoms with Crippen LogP contribution in [0.4, 0.5) is 0 Å². The summed E-state index contributed by atoms with van der Waals surface area (Å²) in [6, 6.07) is 22.6. The van der Waals surface area contributed by atoms with Gasteiger partial charge in [0.05, 0.1) is 10.9 Å². The Balaban J connectivity index is 1.85. The zero-order valence-electron chi connectivity index (χ0n) is 13.2. The number of benzene rings is 3. The minimum Gasteiger partial charge on any atom is -0.508 e. The summed E-state index contributed by atoms with van der Waals surface area (Å²) in [7, 11) is 0. The Kier molecular flexibility index (Phi) is 3.71. The number of ether oxygens (including phenoxy) is 1.